The molecule has 3 heterocycles. The number of hydrogen-bond donors (Lipinski definition) is 3. The molecule has 3 N–H and O–H groups in total. The lowest BCUT2D eigenvalue weighted by Gasteiger charge is -2.17. The number of urea groups is 1. The fourth-order valence-electron chi connectivity index (χ4n) is 5.36. The van der Waals surface area contributed by atoms with Crippen LogP contribution in [0.15, 0.2) is 0 Å². The first-order chi connectivity index (χ1) is 23.3. The SMILES string of the molecule is COC(=O)CCCC[C@@H]1S[C@@H](OCCOCCOCCOCCNC(=O)CCCCCCC(=O)ON2C(=O)CCC2=O)[C@@H]2NC(=O)N[C@@H]21. The van der Waals surface area contributed by atoms with E-state index in [1.165, 1.54) is 7.11 Å². The van der Waals surface area contributed by atoms with Crippen LogP contribution in [-0.4, -0.2) is 123 Å². The van der Waals surface area contributed by atoms with Gasteiger partial charge in [-0.25, -0.2) is 9.59 Å². The third-order valence-corrected chi connectivity index (χ3v) is 9.46. The lowest BCUT2D eigenvalue weighted by molar-refractivity contribution is -0.197. The topological polar surface area (TPSA) is 197 Å². The number of nitrogens with zero attached hydrogens (tertiary/aromatic N) is 1. The minimum atomic E-state index is -0.606. The molecule has 3 aliphatic heterocycles. The minimum Gasteiger partial charge on any atom is -0.469 e. The Labute approximate surface area is 285 Å². The molecule has 3 saturated heterocycles. The summed E-state index contributed by atoms with van der Waals surface area (Å²) < 4.78 is 27.3. The van der Waals surface area contributed by atoms with E-state index in [-0.39, 0.29) is 59.9 Å². The first-order valence-corrected chi connectivity index (χ1v) is 17.7. The van der Waals surface area contributed by atoms with E-state index in [2.05, 4.69) is 20.7 Å². The number of rotatable bonds is 26. The smallest absolute Gasteiger partial charge is 0.333 e. The Balaban J connectivity index is 1.06. The molecule has 0 aromatic carbocycles. The number of imide groups is 1. The van der Waals surface area contributed by atoms with Gasteiger partial charge in [0.15, 0.2) is 0 Å². The van der Waals surface area contributed by atoms with Crippen molar-refractivity contribution >= 4 is 47.5 Å². The average Bonchev–Trinajstić information content (AvgIpc) is 3.71. The molecule has 272 valence electrons. The molecule has 0 unspecified atom stereocenters. The predicted octanol–water partition coefficient (Wildman–Crippen LogP) is 1.34. The molecule has 4 atom stereocenters. The van der Waals surface area contributed by atoms with E-state index in [1.807, 2.05) is 0 Å². The van der Waals surface area contributed by atoms with Gasteiger partial charge in [0.25, 0.3) is 11.8 Å². The van der Waals surface area contributed by atoms with E-state index in [1.54, 1.807) is 11.8 Å². The Hall–Kier alpha value is -2.99. The maximum Gasteiger partial charge on any atom is 0.333 e. The monoisotopic (exact) mass is 702 g/mol. The number of esters is 1. The van der Waals surface area contributed by atoms with E-state index < -0.39 is 17.8 Å². The highest BCUT2D eigenvalue weighted by molar-refractivity contribution is 8.00. The van der Waals surface area contributed by atoms with Gasteiger partial charge in [-0.3, -0.25) is 19.2 Å². The zero-order chi connectivity index (χ0) is 34.6. The third kappa shape index (κ3) is 14.6. The summed E-state index contributed by atoms with van der Waals surface area (Å²) in [5.41, 5.74) is -0.166. The molecule has 0 aliphatic carbocycles. The van der Waals surface area contributed by atoms with Crippen LogP contribution in [0.4, 0.5) is 4.79 Å². The molecule has 0 spiro atoms. The third-order valence-electron chi connectivity index (χ3n) is 7.89. The molecular weight excluding hydrogens is 652 g/mol. The van der Waals surface area contributed by atoms with Crippen molar-refractivity contribution in [2.75, 3.05) is 59.9 Å². The summed E-state index contributed by atoms with van der Waals surface area (Å²) in [4.78, 5) is 74.7. The molecule has 0 aromatic heterocycles. The summed E-state index contributed by atoms with van der Waals surface area (Å²) >= 11 is 1.70. The number of nitrogens with one attached hydrogen (secondary N) is 3. The minimum absolute atomic E-state index is 0.00211. The maximum absolute atomic E-state index is 12.0. The van der Waals surface area contributed by atoms with Crippen LogP contribution in [0.2, 0.25) is 0 Å². The number of hydroxylamine groups is 2. The van der Waals surface area contributed by atoms with Crippen LogP contribution in [-0.2, 0) is 52.5 Å². The first-order valence-electron chi connectivity index (χ1n) is 16.8. The van der Waals surface area contributed by atoms with Gasteiger partial charge in [-0.2, -0.15) is 0 Å². The van der Waals surface area contributed by atoms with Crippen molar-refractivity contribution < 1.29 is 57.3 Å². The molecule has 5 amide bonds. The summed E-state index contributed by atoms with van der Waals surface area (Å²) in [6.45, 7) is 3.19. The molecule has 3 rings (SSSR count). The number of thioether (sulfide) groups is 1. The van der Waals surface area contributed by atoms with Crippen molar-refractivity contribution in [3.8, 4) is 0 Å². The molecule has 17 heteroatoms. The van der Waals surface area contributed by atoms with Crippen LogP contribution >= 0.6 is 11.8 Å². The molecule has 0 aromatic rings. The Kier molecular flexibility index (Phi) is 18.6. The van der Waals surface area contributed by atoms with Crippen LogP contribution in [0.1, 0.15) is 77.0 Å². The Morgan fingerprint density at radius 1 is 0.750 bits per heavy atom. The lowest BCUT2D eigenvalue weighted by atomic mass is 10.0. The van der Waals surface area contributed by atoms with Crippen LogP contribution in [0.5, 0.6) is 0 Å². The van der Waals surface area contributed by atoms with Gasteiger partial charge in [0.2, 0.25) is 5.91 Å². The highest BCUT2D eigenvalue weighted by atomic mass is 32.2. The van der Waals surface area contributed by atoms with Gasteiger partial charge >= 0.3 is 18.0 Å². The van der Waals surface area contributed by atoms with Gasteiger partial charge in [-0.05, 0) is 25.7 Å². The van der Waals surface area contributed by atoms with Gasteiger partial charge in [0, 0.05) is 43.9 Å². The molecule has 3 fully saturated rings. The number of unbranched alkanes of at least 4 members (excludes halogenated alkanes) is 4. The maximum atomic E-state index is 12.0. The number of methoxy groups -OCH3 is 1. The Bertz CT molecular complexity index is 1050. The molecule has 0 radical (unpaired) electrons. The normalized spacial score (nSPS) is 21.6. The van der Waals surface area contributed by atoms with Crippen molar-refractivity contribution in [3.05, 3.63) is 0 Å². The number of carbonyl (C=O) groups is 6. The van der Waals surface area contributed by atoms with Crippen LogP contribution in [0, 0.1) is 0 Å². The van der Waals surface area contributed by atoms with Crippen LogP contribution in [0.25, 0.3) is 0 Å². The molecule has 48 heavy (non-hydrogen) atoms. The predicted molar refractivity (Wildman–Crippen MR) is 171 cm³/mol. The Morgan fingerprint density at radius 3 is 2.02 bits per heavy atom. The fraction of sp³-hybridized carbons (Fsp3) is 0.806. The molecule has 3 aliphatic rings. The van der Waals surface area contributed by atoms with Crippen molar-refractivity contribution in [1.29, 1.82) is 0 Å². The van der Waals surface area contributed by atoms with E-state index in [0.717, 1.165) is 32.1 Å². The van der Waals surface area contributed by atoms with E-state index in [0.29, 0.717) is 83.5 Å². The summed E-state index contributed by atoms with van der Waals surface area (Å²) in [5, 5.41) is 9.51. The highest BCUT2D eigenvalue weighted by Gasteiger charge is 2.49. The molecule has 16 nitrogen and oxygen atoms in total. The number of ether oxygens (including phenoxy) is 5. The van der Waals surface area contributed by atoms with E-state index >= 15 is 0 Å². The zero-order valence-corrected chi connectivity index (χ0v) is 28.5. The molecule has 0 saturated carbocycles. The fourth-order valence-corrected chi connectivity index (χ4v) is 7.00. The summed E-state index contributed by atoms with van der Waals surface area (Å²) in [6.07, 6.45) is 6.25. The quantitative estimate of drug-likeness (QED) is 0.0506. The van der Waals surface area contributed by atoms with Crippen molar-refractivity contribution in [2.45, 2.75) is 99.8 Å². The van der Waals surface area contributed by atoms with Crippen molar-refractivity contribution in [2.24, 2.45) is 0 Å². The first kappa shape index (κ1) is 39.4. The summed E-state index contributed by atoms with van der Waals surface area (Å²) in [6, 6.07) is -0.284. The second-order valence-corrected chi connectivity index (χ2v) is 12.9. The van der Waals surface area contributed by atoms with Crippen LogP contribution in [0.3, 0.4) is 0 Å². The largest absolute Gasteiger partial charge is 0.469 e. The van der Waals surface area contributed by atoms with Crippen molar-refractivity contribution in [1.82, 2.24) is 21.0 Å². The van der Waals surface area contributed by atoms with Gasteiger partial charge in [0.1, 0.15) is 5.44 Å². The second kappa shape index (κ2) is 22.6. The molecular formula is C31H50N4O12S. The lowest BCUT2D eigenvalue weighted by Crippen LogP contribution is -2.40. The number of hydrogen-bond acceptors (Lipinski definition) is 13. The highest BCUT2D eigenvalue weighted by Crippen LogP contribution is 2.39. The van der Waals surface area contributed by atoms with E-state index in [9.17, 15) is 28.8 Å². The second-order valence-electron chi connectivity index (χ2n) is 11.6. The van der Waals surface area contributed by atoms with Gasteiger partial charge < -0.3 is 44.5 Å². The van der Waals surface area contributed by atoms with Gasteiger partial charge in [0.05, 0.1) is 65.4 Å². The number of carbonyl (C=O) groups excluding carboxylic acids is 6. The van der Waals surface area contributed by atoms with Crippen LogP contribution < -0.4 is 16.0 Å². The summed E-state index contributed by atoms with van der Waals surface area (Å²) in [7, 11) is 1.39. The Morgan fingerprint density at radius 2 is 1.33 bits per heavy atom. The average molecular weight is 703 g/mol. The van der Waals surface area contributed by atoms with Crippen molar-refractivity contribution in [3.63, 3.8) is 0 Å². The number of amides is 5. The van der Waals surface area contributed by atoms with E-state index in [4.69, 9.17) is 23.8 Å². The van der Waals surface area contributed by atoms with Gasteiger partial charge in [-0.1, -0.05) is 19.3 Å². The standard InChI is InChI=1S/C31H50N4O12S/c1-42-26(39)10-7-6-8-22-28-29(34-31(41)33-28)30(48-22)46-21-20-45-19-18-44-17-16-43-15-14-32-23(36)9-4-2-3-5-11-27(40)47-35-24(37)12-13-25(35)38/h22,28-30H,2-21H2,1H3,(H,32,36)(H2,33,34,41)/t22-,28+,29+,30+/m0/s1. The molecule has 0 bridgehead atoms. The summed E-state index contributed by atoms with van der Waals surface area (Å²) in [5.74, 6) is -1.86. The number of fused-ring (bicyclic) bond motifs is 1. The van der Waals surface area contributed by atoms with Gasteiger partial charge in [-0.15, -0.1) is 16.8 Å². The zero-order valence-electron chi connectivity index (χ0n) is 27.7.